The second-order valence-corrected chi connectivity index (χ2v) is 4.08. The van der Waals surface area contributed by atoms with E-state index in [1.165, 1.54) is 0 Å². The van der Waals surface area contributed by atoms with Gasteiger partial charge in [0.15, 0.2) is 0 Å². The van der Waals surface area contributed by atoms with Crippen LogP contribution in [0.4, 0.5) is 5.69 Å². The molecule has 0 saturated heterocycles. The number of pyridine rings is 1. The number of nitrogens with zero attached hydrogens (tertiary/aromatic N) is 1. The average Bonchev–Trinajstić information content (AvgIpc) is 2.89. The van der Waals surface area contributed by atoms with E-state index >= 15 is 0 Å². The van der Waals surface area contributed by atoms with E-state index < -0.39 is 0 Å². The van der Waals surface area contributed by atoms with Crippen molar-refractivity contribution in [1.82, 2.24) is 4.98 Å². The molecule has 0 spiro atoms. The Hall–Kier alpha value is -2.36. The van der Waals surface area contributed by atoms with Gasteiger partial charge in [-0.1, -0.05) is 12.1 Å². The number of carbonyl (C=O) groups is 1. The van der Waals surface area contributed by atoms with Crippen molar-refractivity contribution in [1.29, 1.82) is 0 Å². The van der Waals surface area contributed by atoms with E-state index in [1.54, 1.807) is 24.5 Å². The highest BCUT2D eigenvalue weighted by Gasteiger charge is 2.17. The third-order valence-corrected chi connectivity index (χ3v) is 2.91. The van der Waals surface area contributed by atoms with E-state index in [0.717, 1.165) is 23.4 Å². The number of rotatable bonds is 2. The largest absolute Gasteiger partial charge is 0.491 e. The summed E-state index contributed by atoms with van der Waals surface area (Å²) in [6, 6.07) is 9.15. The van der Waals surface area contributed by atoms with Crippen LogP contribution in [0.25, 0.3) is 0 Å². The molecule has 1 amide bonds. The molecule has 0 fully saturated rings. The Kier molecular flexibility index (Phi) is 2.68. The van der Waals surface area contributed by atoms with Crippen LogP contribution in [0.5, 0.6) is 5.75 Å². The van der Waals surface area contributed by atoms with E-state index in [2.05, 4.69) is 10.3 Å². The van der Waals surface area contributed by atoms with Gasteiger partial charge >= 0.3 is 0 Å². The number of anilines is 1. The Morgan fingerprint density at radius 2 is 2.06 bits per heavy atom. The molecule has 0 saturated carbocycles. The summed E-state index contributed by atoms with van der Waals surface area (Å²) < 4.78 is 5.54. The van der Waals surface area contributed by atoms with Crippen LogP contribution in [-0.2, 0) is 6.42 Å². The first-order valence-electron chi connectivity index (χ1n) is 5.80. The molecule has 2 aromatic rings. The Balaban J connectivity index is 1.86. The molecule has 4 nitrogen and oxygen atoms in total. The van der Waals surface area contributed by atoms with Crippen LogP contribution < -0.4 is 10.1 Å². The molecule has 0 bridgehead atoms. The van der Waals surface area contributed by atoms with Crippen molar-refractivity contribution in [3.05, 3.63) is 53.9 Å². The molecule has 3 rings (SSSR count). The number of para-hydroxylation sites is 1. The SMILES string of the molecule is O=C(Nc1cccc2c1OCC2)c1ccncc1. The summed E-state index contributed by atoms with van der Waals surface area (Å²) in [5.41, 5.74) is 2.45. The number of benzene rings is 1. The van der Waals surface area contributed by atoms with Gasteiger partial charge in [0.2, 0.25) is 0 Å². The van der Waals surface area contributed by atoms with Gasteiger partial charge in [-0.3, -0.25) is 9.78 Å². The Morgan fingerprint density at radius 1 is 1.22 bits per heavy atom. The van der Waals surface area contributed by atoms with Gasteiger partial charge in [0.05, 0.1) is 12.3 Å². The zero-order valence-electron chi connectivity index (χ0n) is 9.72. The Labute approximate surface area is 105 Å². The van der Waals surface area contributed by atoms with Crippen molar-refractivity contribution >= 4 is 11.6 Å². The van der Waals surface area contributed by atoms with Gasteiger partial charge in [0.1, 0.15) is 5.75 Å². The van der Waals surface area contributed by atoms with Gasteiger partial charge in [-0.05, 0) is 23.8 Å². The minimum absolute atomic E-state index is 0.152. The number of aromatic nitrogens is 1. The molecule has 0 aliphatic carbocycles. The average molecular weight is 240 g/mol. The van der Waals surface area contributed by atoms with Crippen LogP contribution in [0.2, 0.25) is 0 Å². The first kappa shape index (κ1) is 10.8. The number of amides is 1. The molecule has 0 radical (unpaired) electrons. The lowest BCUT2D eigenvalue weighted by Crippen LogP contribution is -2.12. The summed E-state index contributed by atoms with van der Waals surface area (Å²) in [6.45, 7) is 0.678. The predicted molar refractivity (Wildman–Crippen MR) is 67.8 cm³/mol. The first-order chi connectivity index (χ1) is 8.84. The summed E-state index contributed by atoms with van der Waals surface area (Å²) in [7, 11) is 0. The molecule has 1 aliphatic heterocycles. The van der Waals surface area contributed by atoms with Crippen molar-refractivity contribution in [2.75, 3.05) is 11.9 Å². The number of fused-ring (bicyclic) bond motifs is 1. The third kappa shape index (κ3) is 1.93. The zero-order chi connectivity index (χ0) is 12.4. The van der Waals surface area contributed by atoms with E-state index in [-0.39, 0.29) is 5.91 Å². The molecule has 2 heterocycles. The minimum atomic E-state index is -0.152. The zero-order valence-corrected chi connectivity index (χ0v) is 9.72. The lowest BCUT2D eigenvalue weighted by molar-refractivity contribution is 0.102. The van der Waals surface area contributed by atoms with Crippen LogP contribution in [0, 0.1) is 0 Å². The van der Waals surface area contributed by atoms with Gasteiger partial charge < -0.3 is 10.1 Å². The van der Waals surface area contributed by atoms with Crippen molar-refractivity contribution in [2.24, 2.45) is 0 Å². The molecule has 0 unspecified atom stereocenters. The molecular formula is C14H12N2O2. The van der Waals surface area contributed by atoms with Crippen molar-refractivity contribution in [3.63, 3.8) is 0 Å². The highest BCUT2D eigenvalue weighted by Crippen LogP contribution is 2.33. The highest BCUT2D eigenvalue weighted by molar-refractivity contribution is 6.05. The van der Waals surface area contributed by atoms with Gasteiger partial charge in [0.25, 0.3) is 5.91 Å². The van der Waals surface area contributed by atoms with Crippen molar-refractivity contribution in [3.8, 4) is 5.75 Å². The maximum absolute atomic E-state index is 12.0. The Morgan fingerprint density at radius 3 is 2.89 bits per heavy atom. The summed E-state index contributed by atoms with van der Waals surface area (Å²) in [5.74, 6) is 0.640. The number of hydrogen-bond acceptors (Lipinski definition) is 3. The molecule has 90 valence electrons. The number of hydrogen-bond donors (Lipinski definition) is 1. The quantitative estimate of drug-likeness (QED) is 0.876. The maximum atomic E-state index is 12.0. The first-order valence-corrected chi connectivity index (χ1v) is 5.80. The molecule has 4 heteroatoms. The van der Waals surface area contributed by atoms with Crippen LogP contribution in [-0.4, -0.2) is 17.5 Å². The fourth-order valence-electron chi connectivity index (χ4n) is 2.01. The minimum Gasteiger partial charge on any atom is -0.491 e. The smallest absolute Gasteiger partial charge is 0.255 e. The summed E-state index contributed by atoms with van der Waals surface area (Å²) >= 11 is 0. The predicted octanol–water partition coefficient (Wildman–Crippen LogP) is 2.27. The number of carbonyl (C=O) groups excluding carboxylic acids is 1. The summed E-state index contributed by atoms with van der Waals surface area (Å²) in [6.07, 6.45) is 4.09. The molecule has 0 atom stereocenters. The standard InChI is InChI=1S/C14H12N2O2/c17-14(11-4-7-15-8-5-11)16-12-3-1-2-10-6-9-18-13(10)12/h1-5,7-8H,6,9H2,(H,16,17). The second kappa shape index (κ2) is 4.49. The molecule has 18 heavy (non-hydrogen) atoms. The number of ether oxygens (including phenoxy) is 1. The number of nitrogens with one attached hydrogen (secondary N) is 1. The fourth-order valence-corrected chi connectivity index (χ4v) is 2.01. The highest BCUT2D eigenvalue weighted by atomic mass is 16.5. The monoisotopic (exact) mass is 240 g/mol. The van der Waals surface area contributed by atoms with Gasteiger partial charge in [-0.25, -0.2) is 0 Å². The van der Waals surface area contributed by atoms with Crippen molar-refractivity contribution in [2.45, 2.75) is 6.42 Å². The van der Waals surface area contributed by atoms with Crippen LogP contribution in [0.3, 0.4) is 0 Å². The van der Waals surface area contributed by atoms with Crippen LogP contribution in [0.1, 0.15) is 15.9 Å². The van der Waals surface area contributed by atoms with Crippen molar-refractivity contribution < 1.29 is 9.53 Å². The maximum Gasteiger partial charge on any atom is 0.255 e. The van der Waals surface area contributed by atoms with Crippen LogP contribution in [0.15, 0.2) is 42.7 Å². The normalized spacial score (nSPS) is 12.7. The van der Waals surface area contributed by atoms with Gasteiger partial charge in [0, 0.05) is 24.4 Å². The molecule has 1 aromatic heterocycles. The van der Waals surface area contributed by atoms with E-state index in [0.29, 0.717) is 12.2 Å². The molecule has 1 aromatic carbocycles. The third-order valence-electron chi connectivity index (χ3n) is 2.91. The lowest BCUT2D eigenvalue weighted by Gasteiger charge is -2.09. The van der Waals surface area contributed by atoms with Crippen LogP contribution >= 0.6 is 0 Å². The fraction of sp³-hybridized carbons (Fsp3) is 0.143. The summed E-state index contributed by atoms with van der Waals surface area (Å²) in [4.78, 5) is 15.9. The topological polar surface area (TPSA) is 51.2 Å². The second-order valence-electron chi connectivity index (χ2n) is 4.08. The molecular weight excluding hydrogens is 228 g/mol. The van der Waals surface area contributed by atoms with Gasteiger partial charge in [-0.15, -0.1) is 0 Å². The summed E-state index contributed by atoms with van der Waals surface area (Å²) in [5, 5.41) is 2.87. The van der Waals surface area contributed by atoms with Gasteiger partial charge in [-0.2, -0.15) is 0 Å². The Bertz CT molecular complexity index is 582. The van der Waals surface area contributed by atoms with E-state index in [1.807, 2.05) is 18.2 Å². The molecule has 1 aliphatic rings. The van der Waals surface area contributed by atoms with E-state index in [4.69, 9.17) is 4.74 Å². The molecule has 1 N–H and O–H groups in total. The van der Waals surface area contributed by atoms with E-state index in [9.17, 15) is 4.79 Å². The lowest BCUT2D eigenvalue weighted by atomic mass is 10.1.